The van der Waals surface area contributed by atoms with E-state index in [1.165, 1.54) is 12.5 Å². The zero-order chi connectivity index (χ0) is 22.9. The fourth-order valence-corrected chi connectivity index (χ4v) is 4.92. The number of ether oxygens (including phenoxy) is 1. The third kappa shape index (κ3) is 4.50. The molecule has 1 saturated carbocycles. The van der Waals surface area contributed by atoms with Crippen LogP contribution in [-0.2, 0) is 6.42 Å². The van der Waals surface area contributed by atoms with Gasteiger partial charge in [-0.2, -0.15) is 0 Å². The smallest absolute Gasteiger partial charge is 0.268 e. The van der Waals surface area contributed by atoms with Gasteiger partial charge in [0.05, 0.1) is 6.61 Å². The molecule has 6 nitrogen and oxygen atoms in total. The van der Waals surface area contributed by atoms with Crippen molar-refractivity contribution >= 4 is 11.7 Å². The van der Waals surface area contributed by atoms with Crippen LogP contribution in [0.1, 0.15) is 85.7 Å². The van der Waals surface area contributed by atoms with E-state index in [-0.39, 0.29) is 34.3 Å². The van der Waals surface area contributed by atoms with Crippen molar-refractivity contribution in [1.82, 2.24) is 9.88 Å². The number of aromatic nitrogens is 1. The highest BCUT2D eigenvalue weighted by atomic mass is 16.5. The molecule has 0 unspecified atom stereocenters. The normalized spacial score (nSPS) is 18.2. The second kappa shape index (κ2) is 8.93. The van der Waals surface area contributed by atoms with Crippen LogP contribution in [0, 0.1) is 5.41 Å². The number of carbonyl (C=O) groups excluding carboxylic acids is 2. The third-order valence-electron chi connectivity index (χ3n) is 6.48. The van der Waals surface area contributed by atoms with Crippen LogP contribution in [0.2, 0.25) is 0 Å². The van der Waals surface area contributed by atoms with Crippen LogP contribution in [0.5, 0.6) is 5.75 Å². The van der Waals surface area contributed by atoms with Gasteiger partial charge in [-0.3, -0.25) is 19.0 Å². The summed E-state index contributed by atoms with van der Waals surface area (Å²) in [5.41, 5.74) is 1.19. The number of nitrogens with one attached hydrogen (secondary N) is 1. The molecule has 1 fully saturated rings. The van der Waals surface area contributed by atoms with Crippen LogP contribution in [0.25, 0.3) is 5.69 Å². The summed E-state index contributed by atoms with van der Waals surface area (Å²) in [6.45, 7) is 6.53. The van der Waals surface area contributed by atoms with E-state index in [1.807, 2.05) is 45.0 Å². The first-order chi connectivity index (χ1) is 15.3. The molecular formula is C26H32N2O4. The second-order valence-electron chi connectivity index (χ2n) is 9.74. The standard InChI is InChI=1S/C26H32N2O4/c1-4-32-19-12-10-18(11-13-19)28-22-15-26(2,3)16-23(29)20(22)14-21(25(28)31)24(30)27-17-8-6-5-7-9-17/h10-14,17H,4-9,15-16H2,1-3H3,(H,27,30). The number of Topliss-reactive ketones (excluding diaryl/α,β-unsaturated/α-hetero) is 1. The summed E-state index contributed by atoms with van der Waals surface area (Å²) in [7, 11) is 0. The lowest BCUT2D eigenvalue weighted by atomic mass is 9.75. The van der Waals surface area contributed by atoms with Crippen LogP contribution < -0.4 is 15.6 Å². The Morgan fingerprint density at radius 3 is 2.44 bits per heavy atom. The van der Waals surface area contributed by atoms with Crippen LogP contribution >= 0.6 is 0 Å². The first kappa shape index (κ1) is 22.3. The Kier molecular flexibility index (Phi) is 6.22. The minimum Gasteiger partial charge on any atom is -0.494 e. The second-order valence-corrected chi connectivity index (χ2v) is 9.74. The van der Waals surface area contributed by atoms with Crippen molar-refractivity contribution in [3.63, 3.8) is 0 Å². The Morgan fingerprint density at radius 2 is 1.78 bits per heavy atom. The van der Waals surface area contributed by atoms with Gasteiger partial charge >= 0.3 is 0 Å². The summed E-state index contributed by atoms with van der Waals surface area (Å²) >= 11 is 0. The van der Waals surface area contributed by atoms with E-state index in [1.54, 1.807) is 4.57 Å². The van der Waals surface area contributed by atoms with Gasteiger partial charge in [-0.25, -0.2) is 0 Å². The number of benzene rings is 1. The van der Waals surface area contributed by atoms with Gasteiger partial charge in [0.15, 0.2) is 5.78 Å². The summed E-state index contributed by atoms with van der Waals surface area (Å²) in [5.74, 6) is 0.297. The highest BCUT2D eigenvalue weighted by molar-refractivity contribution is 6.02. The van der Waals surface area contributed by atoms with E-state index in [0.717, 1.165) is 25.7 Å². The van der Waals surface area contributed by atoms with Gasteiger partial charge in [0.25, 0.3) is 11.5 Å². The molecule has 1 N–H and O–H groups in total. The molecular weight excluding hydrogens is 404 g/mol. The van der Waals surface area contributed by atoms with Gasteiger partial charge in [-0.15, -0.1) is 0 Å². The summed E-state index contributed by atoms with van der Waals surface area (Å²) in [4.78, 5) is 39.8. The Morgan fingerprint density at radius 1 is 1.09 bits per heavy atom. The molecule has 2 aromatic rings. The lowest BCUT2D eigenvalue weighted by Crippen LogP contribution is -2.42. The maximum Gasteiger partial charge on any atom is 0.268 e. The van der Waals surface area contributed by atoms with Gasteiger partial charge in [0, 0.05) is 29.4 Å². The molecule has 32 heavy (non-hydrogen) atoms. The summed E-state index contributed by atoms with van der Waals surface area (Å²) in [6.07, 6.45) is 6.18. The van der Waals surface area contributed by atoms with Crippen molar-refractivity contribution < 1.29 is 14.3 Å². The van der Waals surface area contributed by atoms with E-state index in [4.69, 9.17) is 4.74 Å². The molecule has 2 aliphatic carbocycles. The Hall–Kier alpha value is -2.89. The number of pyridine rings is 1. The van der Waals surface area contributed by atoms with Gasteiger partial charge in [0.2, 0.25) is 0 Å². The van der Waals surface area contributed by atoms with Crippen LogP contribution in [0.15, 0.2) is 35.1 Å². The Labute approximate surface area is 189 Å². The molecule has 6 heteroatoms. The molecule has 0 spiro atoms. The number of carbonyl (C=O) groups is 2. The van der Waals surface area contributed by atoms with E-state index in [2.05, 4.69) is 5.32 Å². The SMILES string of the molecule is CCOc1ccc(-n2c3c(cc(C(=O)NC4CCCCC4)c2=O)C(=O)CC(C)(C)C3)cc1. The lowest BCUT2D eigenvalue weighted by Gasteiger charge is -2.32. The number of fused-ring (bicyclic) bond motifs is 1. The number of rotatable bonds is 5. The zero-order valence-electron chi connectivity index (χ0n) is 19.2. The maximum atomic E-state index is 13.6. The van der Waals surface area contributed by atoms with Gasteiger partial charge in [-0.1, -0.05) is 33.1 Å². The van der Waals surface area contributed by atoms with Gasteiger partial charge in [-0.05, 0) is 61.9 Å². The average Bonchev–Trinajstić information content (AvgIpc) is 2.74. The molecule has 0 radical (unpaired) electrons. The third-order valence-corrected chi connectivity index (χ3v) is 6.48. The highest BCUT2D eigenvalue weighted by Gasteiger charge is 2.35. The predicted octanol–water partition coefficient (Wildman–Crippen LogP) is 4.45. The molecule has 0 atom stereocenters. The monoisotopic (exact) mass is 436 g/mol. The first-order valence-electron chi connectivity index (χ1n) is 11.7. The fraction of sp³-hybridized carbons (Fsp3) is 0.500. The topological polar surface area (TPSA) is 77.4 Å². The quantitative estimate of drug-likeness (QED) is 0.751. The average molecular weight is 437 g/mol. The summed E-state index contributed by atoms with van der Waals surface area (Å²) in [6, 6.07) is 8.84. The van der Waals surface area contributed by atoms with Crippen LogP contribution in [0.4, 0.5) is 0 Å². The Balaban J connectivity index is 1.81. The largest absolute Gasteiger partial charge is 0.494 e. The molecule has 170 valence electrons. The van der Waals surface area contributed by atoms with Crippen molar-refractivity contribution in [3.05, 3.63) is 57.5 Å². The maximum absolute atomic E-state index is 13.6. The van der Waals surface area contributed by atoms with Crippen molar-refractivity contribution in [3.8, 4) is 11.4 Å². The number of hydrogen-bond acceptors (Lipinski definition) is 4. The van der Waals surface area contributed by atoms with E-state index < -0.39 is 0 Å². The van der Waals surface area contributed by atoms with Crippen LogP contribution in [-0.4, -0.2) is 28.9 Å². The number of ketones is 1. The van der Waals surface area contributed by atoms with Crippen molar-refractivity contribution in [2.45, 2.75) is 71.8 Å². The Bertz CT molecular complexity index is 1080. The lowest BCUT2D eigenvalue weighted by molar-refractivity contribution is 0.0908. The molecule has 1 heterocycles. The fourth-order valence-electron chi connectivity index (χ4n) is 4.92. The minimum atomic E-state index is -0.387. The first-order valence-corrected chi connectivity index (χ1v) is 11.7. The van der Waals surface area contributed by atoms with Crippen LogP contribution in [0.3, 0.4) is 0 Å². The van der Waals surface area contributed by atoms with Crippen molar-refractivity contribution in [2.75, 3.05) is 6.61 Å². The predicted molar refractivity (Wildman–Crippen MR) is 124 cm³/mol. The molecule has 0 aliphatic heterocycles. The molecule has 1 aromatic carbocycles. The summed E-state index contributed by atoms with van der Waals surface area (Å²) in [5, 5.41) is 3.03. The van der Waals surface area contributed by atoms with E-state index in [0.29, 0.717) is 42.1 Å². The number of amides is 1. The van der Waals surface area contributed by atoms with E-state index in [9.17, 15) is 14.4 Å². The molecule has 0 saturated heterocycles. The van der Waals surface area contributed by atoms with Crippen molar-refractivity contribution in [2.24, 2.45) is 5.41 Å². The molecule has 0 bridgehead atoms. The highest BCUT2D eigenvalue weighted by Crippen LogP contribution is 2.35. The van der Waals surface area contributed by atoms with Gasteiger partial charge < -0.3 is 10.1 Å². The molecule has 1 amide bonds. The molecule has 2 aliphatic rings. The number of nitrogens with zero attached hydrogens (tertiary/aromatic N) is 1. The molecule has 4 rings (SSSR count). The zero-order valence-corrected chi connectivity index (χ0v) is 19.2. The summed E-state index contributed by atoms with van der Waals surface area (Å²) < 4.78 is 7.09. The van der Waals surface area contributed by atoms with E-state index >= 15 is 0 Å². The molecule has 1 aromatic heterocycles. The number of hydrogen-bond donors (Lipinski definition) is 1. The minimum absolute atomic E-state index is 0.0253. The van der Waals surface area contributed by atoms with Gasteiger partial charge in [0.1, 0.15) is 11.3 Å². The van der Waals surface area contributed by atoms with Crippen molar-refractivity contribution in [1.29, 1.82) is 0 Å².